The van der Waals surface area contributed by atoms with Crippen LogP contribution in [0, 0.1) is 6.92 Å². The van der Waals surface area contributed by atoms with Crippen molar-refractivity contribution in [1.82, 2.24) is 9.78 Å². The van der Waals surface area contributed by atoms with Gasteiger partial charge in [-0.15, -0.1) is 0 Å². The van der Waals surface area contributed by atoms with Crippen LogP contribution < -0.4 is 0 Å². The molecule has 1 atom stereocenters. The van der Waals surface area contributed by atoms with E-state index in [-0.39, 0.29) is 0 Å². The molecule has 1 aromatic heterocycles. The maximum atomic E-state index is 10.5. The SMILES string of the molecule is Cc1c(C(O)c2ccc3ccccc3c2)cnn1C. The van der Waals surface area contributed by atoms with Gasteiger partial charge in [0.05, 0.1) is 6.20 Å². The molecule has 0 saturated carbocycles. The lowest BCUT2D eigenvalue weighted by Gasteiger charge is -2.11. The Balaban J connectivity index is 2.06. The summed E-state index contributed by atoms with van der Waals surface area (Å²) >= 11 is 0. The fraction of sp³-hybridized carbons (Fsp3) is 0.188. The predicted octanol–water partition coefficient (Wildman–Crippen LogP) is 2.96. The molecule has 96 valence electrons. The van der Waals surface area contributed by atoms with Crippen molar-refractivity contribution in [2.75, 3.05) is 0 Å². The van der Waals surface area contributed by atoms with Gasteiger partial charge in [0.1, 0.15) is 6.10 Å². The number of aliphatic hydroxyl groups excluding tert-OH is 1. The summed E-state index contributed by atoms with van der Waals surface area (Å²) in [5, 5.41) is 17.0. The summed E-state index contributed by atoms with van der Waals surface area (Å²) in [6, 6.07) is 14.2. The van der Waals surface area contributed by atoms with Crippen LogP contribution in [-0.2, 0) is 7.05 Å². The minimum absolute atomic E-state index is 0.627. The second kappa shape index (κ2) is 4.52. The standard InChI is InChI=1S/C16H16N2O/c1-11-15(10-17-18(11)2)16(19)14-8-7-12-5-3-4-6-13(12)9-14/h3-10,16,19H,1-2H3. The van der Waals surface area contributed by atoms with E-state index in [1.165, 1.54) is 5.39 Å². The van der Waals surface area contributed by atoms with Gasteiger partial charge in [0.15, 0.2) is 0 Å². The summed E-state index contributed by atoms with van der Waals surface area (Å²) in [7, 11) is 1.88. The number of nitrogens with zero attached hydrogens (tertiary/aromatic N) is 2. The largest absolute Gasteiger partial charge is 0.384 e. The van der Waals surface area contributed by atoms with E-state index in [0.717, 1.165) is 22.2 Å². The summed E-state index contributed by atoms with van der Waals surface area (Å²) in [4.78, 5) is 0. The van der Waals surface area contributed by atoms with E-state index in [4.69, 9.17) is 0 Å². The van der Waals surface area contributed by atoms with E-state index in [2.05, 4.69) is 17.2 Å². The smallest absolute Gasteiger partial charge is 0.107 e. The van der Waals surface area contributed by atoms with E-state index in [9.17, 15) is 5.11 Å². The lowest BCUT2D eigenvalue weighted by molar-refractivity contribution is 0.219. The van der Waals surface area contributed by atoms with Crippen molar-refractivity contribution in [3.8, 4) is 0 Å². The van der Waals surface area contributed by atoms with Crippen molar-refractivity contribution in [2.24, 2.45) is 7.05 Å². The fourth-order valence-electron chi connectivity index (χ4n) is 2.34. The molecule has 1 unspecified atom stereocenters. The summed E-state index contributed by atoms with van der Waals surface area (Å²) in [6.07, 6.45) is 1.10. The van der Waals surface area contributed by atoms with Gasteiger partial charge in [0.25, 0.3) is 0 Å². The topological polar surface area (TPSA) is 38.1 Å². The Bertz CT molecular complexity index is 730. The highest BCUT2D eigenvalue weighted by molar-refractivity contribution is 5.83. The van der Waals surface area contributed by atoms with Crippen molar-refractivity contribution in [2.45, 2.75) is 13.0 Å². The maximum absolute atomic E-state index is 10.5. The molecule has 0 amide bonds. The third-order valence-corrected chi connectivity index (χ3v) is 3.66. The number of aliphatic hydroxyl groups is 1. The van der Waals surface area contributed by atoms with E-state index in [1.54, 1.807) is 10.9 Å². The number of fused-ring (bicyclic) bond motifs is 1. The highest BCUT2D eigenvalue weighted by atomic mass is 16.3. The van der Waals surface area contributed by atoms with Gasteiger partial charge >= 0.3 is 0 Å². The van der Waals surface area contributed by atoms with Gasteiger partial charge in [-0.2, -0.15) is 5.10 Å². The molecule has 0 aliphatic carbocycles. The third-order valence-electron chi connectivity index (χ3n) is 3.66. The Morgan fingerprint density at radius 3 is 2.53 bits per heavy atom. The van der Waals surface area contributed by atoms with Crippen LogP contribution in [0.2, 0.25) is 0 Å². The minimum Gasteiger partial charge on any atom is -0.384 e. The predicted molar refractivity (Wildman–Crippen MR) is 76.0 cm³/mol. The van der Waals surface area contributed by atoms with Crippen molar-refractivity contribution in [3.63, 3.8) is 0 Å². The monoisotopic (exact) mass is 252 g/mol. The van der Waals surface area contributed by atoms with Gasteiger partial charge < -0.3 is 5.11 Å². The van der Waals surface area contributed by atoms with Crippen LogP contribution in [0.4, 0.5) is 0 Å². The van der Waals surface area contributed by atoms with Crippen LogP contribution in [0.5, 0.6) is 0 Å². The molecule has 0 radical (unpaired) electrons. The lowest BCUT2D eigenvalue weighted by Crippen LogP contribution is -2.02. The molecule has 3 nitrogen and oxygen atoms in total. The lowest BCUT2D eigenvalue weighted by atomic mass is 9.99. The first kappa shape index (κ1) is 11.9. The molecule has 3 aromatic rings. The zero-order valence-corrected chi connectivity index (χ0v) is 11.0. The average molecular weight is 252 g/mol. The first-order valence-corrected chi connectivity index (χ1v) is 6.32. The minimum atomic E-state index is -0.627. The number of aromatic nitrogens is 2. The van der Waals surface area contributed by atoms with Crippen LogP contribution in [0.25, 0.3) is 10.8 Å². The summed E-state index contributed by atoms with van der Waals surface area (Å²) < 4.78 is 1.78. The molecule has 0 saturated heterocycles. The fourth-order valence-corrected chi connectivity index (χ4v) is 2.34. The Labute approximate surface area is 112 Å². The van der Waals surface area contributed by atoms with Gasteiger partial charge in [0.2, 0.25) is 0 Å². The molecule has 3 rings (SSSR count). The van der Waals surface area contributed by atoms with Crippen molar-refractivity contribution in [1.29, 1.82) is 0 Å². The molecule has 0 bridgehead atoms. The van der Waals surface area contributed by atoms with Gasteiger partial charge in [-0.3, -0.25) is 4.68 Å². The number of hydrogen-bond acceptors (Lipinski definition) is 2. The molecule has 0 spiro atoms. The van der Waals surface area contributed by atoms with Crippen LogP contribution in [0.3, 0.4) is 0 Å². The average Bonchev–Trinajstić information content (AvgIpc) is 2.78. The third kappa shape index (κ3) is 2.02. The molecule has 1 N–H and O–H groups in total. The first-order valence-electron chi connectivity index (χ1n) is 6.32. The van der Waals surface area contributed by atoms with E-state index in [0.29, 0.717) is 0 Å². The number of rotatable bonds is 2. The van der Waals surface area contributed by atoms with Gasteiger partial charge in [-0.1, -0.05) is 36.4 Å². The van der Waals surface area contributed by atoms with Gasteiger partial charge in [0, 0.05) is 18.3 Å². The summed E-state index contributed by atoms with van der Waals surface area (Å²) in [5.41, 5.74) is 2.74. The quantitative estimate of drug-likeness (QED) is 0.761. The first-order chi connectivity index (χ1) is 9.16. The summed E-state index contributed by atoms with van der Waals surface area (Å²) in [5.74, 6) is 0. The van der Waals surface area contributed by atoms with Crippen LogP contribution >= 0.6 is 0 Å². The molecule has 19 heavy (non-hydrogen) atoms. The Morgan fingerprint density at radius 1 is 1.11 bits per heavy atom. The Hall–Kier alpha value is -2.13. The highest BCUT2D eigenvalue weighted by Gasteiger charge is 2.16. The zero-order chi connectivity index (χ0) is 13.4. The number of hydrogen-bond donors (Lipinski definition) is 1. The molecule has 1 heterocycles. The van der Waals surface area contributed by atoms with Crippen molar-refractivity contribution in [3.05, 3.63) is 65.5 Å². The normalized spacial score (nSPS) is 12.8. The Kier molecular flexibility index (Phi) is 2.84. The molecule has 0 aliphatic rings. The number of benzene rings is 2. The highest BCUT2D eigenvalue weighted by Crippen LogP contribution is 2.26. The van der Waals surface area contributed by atoms with E-state index in [1.807, 2.05) is 44.3 Å². The van der Waals surface area contributed by atoms with Gasteiger partial charge in [-0.25, -0.2) is 0 Å². The number of aryl methyl sites for hydroxylation is 1. The maximum Gasteiger partial charge on any atom is 0.107 e. The second-order valence-corrected chi connectivity index (χ2v) is 4.82. The van der Waals surface area contributed by atoms with E-state index < -0.39 is 6.10 Å². The van der Waals surface area contributed by atoms with Crippen molar-refractivity contribution >= 4 is 10.8 Å². The van der Waals surface area contributed by atoms with E-state index >= 15 is 0 Å². The Morgan fingerprint density at radius 2 is 1.84 bits per heavy atom. The molecular weight excluding hydrogens is 236 g/mol. The van der Waals surface area contributed by atoms with Crippen LogP contribution in [0.1, 0.15) is 22.9 Å². The molecule has 0 fully saturated rings. The molecular formula is C16H16N2O. The van der Waals surface area contributed by atoms with Gasteiger partial charge in [-0.05, 0) is 29.3 Å². The van der Waals surface area contributed by atoms with Crippen LogP contribution in [0.15, 0.2) is 48.7 Å². The second-order valence-electron chi connectivity index (χ2n) is 4.82. The molecule has 2 aromatic carbocycles. The zero-order valence-electron chi connectivity index (χ0n) is 11.0. The van der Waals surface area contributed by atoms with Crippen LogP contribution in [-0.4, -0.2) is 14.9 Å². The van der Waals surface area contributed by atoms with Crippen molar-refractivity contribution < 1.29 is 5.11 Å². The molecule has 3 heteroatoms. The summed E-state index contributed by atoms with van der Waals surface area (Å²) in [6.45, 7) is 1.96. The molecule has 0 aliphatic heterocycles.